The zero-order valence-electron chi connectivity index (χ0n) is 9.01. The van der Waals surface area contributed by atoms with Crippen LogP contribution in [0.15, 0.2) is 23.6 Å². The molecule has 0 heterocycles. The van der Waals surface area contributed by atoms with E-state index in [-0.39, 0.29) is 23.4 Å². The molecule has 0 aromatic heterocycles. The normalized spacial score (nSPS) is 26.9. The Bertz CT molecular complexity index is 289. The summed E-state index contributed by atoms with van der Waals surface area (Å²) < 4.78 is 13.1. The van der Waals surface area contributed by atoms with Gasteiger partial charge in [0.15, 0.2) is 0 Å². The SMILES string of the molecule is CC(=O)CCC1=CC=C(F)C(C)C1C. The van der Waals surface area contributed by atoms with Crippen LogP contribution in [0, 0.1) is 11.8 Å². The lowest BCUT2D eigenvalue weighted by Gasteiger charge is -2.24. The van der Waals surface area contributed by atoms with E-state index in [4.69, 9.17) is 0 Å². The molecule has 1 aliphatic carbocycles. The largest absolute Gasteiger partial charge is 0.300 e. The van der Waals surface area contributed by atoms with Crippen LogP contribution >= 0.6 is 0 Å². The first-order valence-corrected chi connectivity index (χ1v) is 5.08. The highest BCUT2D eigenvalue weighted by Crippen LogP contribution is 2.33. The zero-order chi connectivity index (χ0) is 10.7. The minimum atomic E-state index is -0.0518. The van der Waals surface area contributed by atoms with Gasteiger partial charge >= 0.3 is 0 Å². The van der Waals surface area contributed by atoms with Crippen LogP contribution in [-0.4, -0.2) is 5.78 Å². The Kier molecular flexibility index (Phi) is 3.62. The first kappa shape index (κ1) is 11.2. The van der Waals surface area contributed by atoms with Crippen molar-refractivity contribution in [2.75, 3.05) is 0 Å². The van der Waals surface area contributed by atoms with E-state index in [1.165, 1.54) is 11.6 Å². The maximum absolute atomic E-state index is 13.1. The van der Waals surface area contributed by atoms with Crippen molar-refractivity contribution in [2.24, 2.45) is 11.8 Å². The highest BCUT2D eigenvalue weighted by molar-refractivity contribution is 5.75. The van der Waals surface area contributed by atoms with Crippen molar-refractivity contribution in [3.05, 3.63) is 23.6 Å². The van der Waals surface area contributed by atoms with Crippen LogP contribution < -0.4 is 0 Å². The van der Waals surface area contributed by atoms with Gasteiger partial charge in [-0.3, -0.25) is 0 Å². The average Bonchev–Trinajstić information content (AvgIpc) is 2.13. The number of carbonyl (C=O) groups is 1. The second-order valence-electron chi connectivity index (χ2n) is 4.07. The minimum absolute atomic E-state index is 0.0399. The van der Waals surface area contributed by atoms with E-state index in [2.05, 4.69) is 0 Å². The number of halogens is 1. The molecule has 0 saturated carbocycles. The summed E-state index contributed by atoms with van der Waals surface area (Å²) >= 11 is 0. The number of hydrogen-bond acceptors (Lipinski definition) is 1. The fraction of sp³-hybridized carbons (Fsp3) is 0.583. The molecule has 1 rings (SSSR count). The first-order chi connectivity index (χ1) is 6.52. The van der Waals surface area contributed by atoms with Gasteiger partial charge in [-0.15, -0.1) is 0 Å². The third kappa shape index (κ3) is 2.53. The van der Waals surface area contributed by atoms with Crippen LogP contribution in [0.4, 0.5) is 4.39 Å². The third-order valence-electron chi connectivity index (χ3n) is 2.99. The van der Waals surface area contributed by atoms with Gasteiger partial charge in [0.1, 0.15) is 11.6 Å². The number of allylic oxidation sites excluding steroid dienone is 4. The quantitative estimate of drug-likeness (QED) is 0.676. The van der Waals surface area contributed by atoms with E-state index in [9.17, 15) is 9.18 Å². The van der Waals surface area contributed by atoms with E-state index in [0.29, 0.717) is 6.42 Å². The van der Waals surface area contributed by atoms with Crippen LogP contribution in [0.1, 0.15) is 33.6 Å². The van der Waals surface area contributed by atoms with Crippen molar-refractivity contribution in [1.29, 1.82) is 0 Å². The molecular formula is C12H17FO. The van der Waals surface area contributed by atoms with E-state index in [1.54, 1.807) is 6.92 Å². The molecule has 2 atom stereocenters. The van der Waals surface area contributed by atoms with E-state index >= 15 is 0 Å². The van der Waals surface area contributed by atoms with E-state index < -0.39 is 0 Å². The van der Waals surface area contributed by atoms with Gasteiger partial charge in [0, 0.05) is 12.3 Å². The molecule has 0 bridgehead atoms. The Hall–Kier alpha value is -0.920. The van der Waals surface area contributed by atoms with Crippen molar-refractivity contribution < 1.29 is 9.18 Å². The summed E-state index contributed by atoms with van der Waals surface area (Å²) in [5.74, 6) is 0.325. The van der Waals surface area contributed by atoms with Gasteiger partial charge in [-0.1, -0.05) is 25.5 Å². The fourth-order valence-electron chi connectivity index (χ4n) is 1.68. The lowest BCUT2D eigenvalue weighted by atomic mass is 9.82. The maximum atomic E-state index is 13.1. The Labute approximate surface area is 84.7 Å². The lowest BCUT2D eigenvalue weighted by Crippen LogP contribution is -2.15. The van der Waals surface area contributed by atoms with Crippen LogP contribution in [-0.2, 0) is 4.79 Å². The van der Waals surface area contributed by atoms with Crippen molar-refractivity contribution in [3.8, 4) is 0 Å². The maximum Gasteiger partial charge on any atom is 0.130 e. The molecule has 2 unspecified atom stereocenters. The molecule has 0 fully saturated rings. The lowest BCUT2D eigenvalue weighted by molar-refractivity contribution is -0.117. The van der Waals surface area contributed by atoms with Gasteiger partial charge in [-0.25, -0.2) is 4.39 Å². The molecule has 14 heavy (non-hydrogen) atoms. The average molecular weight is 196 g/mol. The molecule has 2 heteroatoms. The summed E-state index contributed by atoms with van der Waals surface area (Å²) in [5.41, 5.74) is 1.19. The van der Waals surface area contributed by atoms with Crippen LogP contribution in [0.5, 0.6) is 0 Å². The highest BCUT2D eigenvalue weighted by atomic mass is 19.1. The van der Waals surface area contributed by atoms with Gasteiger partial charge in [0.05, 0.1) is 0 Å². The summed E-state index contributed by atoms with van der Waals surface area (Å²) in [6.07, 6.45) is 4.69. The summed E-state index contributed by atoms with van der Waals surface area (Å²) in [7, 11) is 0. The number of rotatable bonds is 3. The van der Waals surface area contributed by atoms with Gasteiger partial charge < -0.3 is 4.79 Å². The molecule has 1 aliphatic rings. The monoisotopic (exact) mass is 196 g/mol. The first-order valence-electron chi connectivity index (χ1n) is 5.08. The smallest absolute Gasteiger partial charge is 0.130 e. The molecule has 1 nitrogen and oxygen atoms in total. The molecular weight excluding hydrogens is 179 g/mol. The minimum Gasteiger partial charge on any atom is -0.300 e. The molecule has 0 N–H and O–H groups in total. The molecule has 0 saturated heterocycles. The van der Waals surface area contributed by atoms with Crippen LogP contribution in [0.3, 0.4) is 0 Å². The topological polar surface area (TPSA) is 17.1 Å². The standard InChI is InChI=1S/C12H17FO/c1-8(14)4-5-11-6-7-12(13)10(3)9(11)2/h6-7,9-10H,4-5H2,1-3H3. The molecule has 0 aromatic carbocycles. The Morgan fingerprint density at radius 1 is 1.36 bits per heavy atom. The zero-order valence-corrected chi connectivity index (χ0v) is 9.01. The molecule has 0 radical (unpaired) electrons. The number of Topliss-reactive ketones (excluding diaryl/α,β-unsaturated/α-hetero) is 1. The third-order valence-corrected chi connectivity index (χ3v) is 2.99. The summed E-state index contributed by atoms with van der Waals surface area (Å²) in [4.78, 5) is 10.8. The summed E-state index contributed by atoms with van der Waals surface area (Å²) in [6, 6.07) is 0. The van der Waals surface area contributed by atoms with Crippen molar-refractivity contribution >= 4 is 5.78 Å². The van der Waals surface area contributed by atoms with E-state index in [0.717, 1.165) is 6.42 Å². The van der Waals surface area contributed by atoms with Gasteiger partial charge in [0.25, 0.3) is 0 Å². The Balaban J connectivity index is 2.65. The number of carbonyl (C=O) groups excluding carboxylic acids is 1. The number of hydrogen-bond donors (Lipinski definition) is 0. The highest BCUT2D eigenvalue weighted by Gasteiger charge is 2.23. The molecule has 0 spiro atoms. The second-order valence-corrected chi connectivity index (χ2v) is 4.07. The Morgan fingerprint density at radius 3 is 2.57 bits per heavy atom. The van der Waals surface area contributed by atoms with Gasteiger partial charge in [-0.2, -0.15) is 0 Å². The fourth-order valence-corrected chi connectivity index (χ4v) is 1.68. The van der Waals surface area contributed by atoms with E-state index in [1.807, 2.05) is 19.9 Å². The predicted octanol–water partition coefficient (Wildman–Crippen LogP) is 3.42. The van der Waals surface area contributed by atoms with Crippen molar-refractivity contribution in [3.63, 3.8) is 0 Å². The van der Waals surface area contributed by atoms with Crippen molar-refractivity contribution in [1.82, 2.24) is 0 Å². The van der Waals surface area contributed by atoms with Crippen molar-refractivity contribution in [2.45, 2.75) is 33.6 Å². The van der Waals surface area contributed by atoms with Crippen LogP contribution in [0.25, 0.3) is 0 Å². The number of ketones is 1. The van der Waals surface area contributed by atoms with Gasteiger partial charge in [0.2, 0.25) is 0 Å². The Morgan fingerprint density at radius 2 is 2.00 bits per heavy atom. The molecule has 78 valence electrons. The van der Waals surface area contributed by atoms with Crippen LogP contribution in [0.2, 0.25) is 0 Å². The predicted molar refractivity (Wildman–Crippen MR) is 55.5 cm³/mol. The second kappa shape index (κ2) is 4.54. The van der Waals surface area contributed by atoms with Gasteiger partial charge in [-0.05, 0) is 25.3 Å². The molecule has 0 aromatic rings. The summed E-state index contributed by atoms with van der Waals surface area (Å²) in [5, 5.41) is 0. The molecule has 0 aliphatic heterocycles. The summed E-state index contributed by atoms with van der Waals surface area (Å²) in [6.45, 7) is 5.49. The molecule has 0 amide bonds.